The minimum Gasteiger partial charge on any atom is -0.508 e. The van der Waals surface area contributed by atoms with E-state index < -0.39 is 85.0 Å². The monoisotopic (exact) mass is 709 g/mol. The Morgan fingerprint density at radius 1 is 1.08 bits per heavy atom. The van der Waals surface area contributed by atoms with Gasteiger partial charge >= 0.3 is 0 Å². The highest BCUT2D eigenvalue weighted by Crippen LogP contribution is 2.57. The van der Waals surface area contributed by atoms with Crippen molar-refractivity contribution in [3.8, 4) is 5.75 Å². The van der Waals surface area contributed by atoms with E-state index in [0.717, 1.165) is 0 Å². The van der Waals surface area contributed by atoms with Crippen LogP contribution in [0.4, 0.5) is 11.5 Å². The van der Waals surface area contributed by atoms with E-state index in [1.54, 1.807) is 6.92 Å². The molecule has 3 aliphatic carbocycles. The summed E-state index contributed by atoms with van der Waals surface area (Å²) in [5, 5.41) is 65.8. The van der Waals surface area contributed by atoms with Gasteiger partial charge in [-0.3, -0.25) is 24.0 Å². The van der Waals surface area contributed by atoms with Gasteiger partial charge in [-0.1, -0.05) is 17.3 Å². The molecule has 5 unspecified atom stereocenters. The standard InChI is InChI=1S/C33H35N5O11S/c1-15-12-22(36-49-15)37-50(47,48)17-10-8-16(9-11-17)34-14-35-31(44)25-28(41)26(38(3)4)20-13-19-24(29(42)33(20,46)30(25)43)27(40)23-18(32(19,2)45)6-5-7-21(23)39/h5-12,19-20,26,34,39-40,43,45-46H,13-14H2,1-4H3,(H,35,44)(H,36,37). The molecule has 16 nitrogen and oxygen atoms in total. The molecule has 50 heavy (non-hydrogen) atoms. The zero-order valence-corrected chi connectivity index (χ0v) is 28.1. The van der Waals surface area contributed by atoms with E-state index in [1.165, 1.54) is 74.4 Å². The van der Waals surface area contributed by atoms with Crippen LogP contribution in [-0.2, 0) is 30.0 Å². The Bertz CT molecular complexity index is 2100. The van der Waals surface area contributed by atoms with E-state index >= 15 is 0 Å². The highest BCUT2D eigenvalue weighted by molar-refractivity contribution is 7.92. The molecule has 1 aromatic heterocycles. The number of phenolic OH excluding ortho intramolecular Hbond substituents is 1. The molecule has 1 fully saturated rings. The predicted molar refractivity (Wildman–Crippen MR) is 176 cm³/mol. The first kappa shape index (κ1) is 34.6. The number of Topliss-reactive ketones (excluding diaryl/α,β-unsaturated/α-hetero) is 2. The van der Waals surface area contributed by atoms with Crippen LogP contribution < -0.4 is 15.4 Å². The van der Waals surface area contributed by atoms with Gasteiger partial charge in [-0.15, -0.1) is 0 Å². The van der Waals surface area contributed by atoms with Crippen molar-refractivity contribution in [3.63, 3.8) is 0 Å². The number of aliphatic hydroxyl groups is 4. The zero-order chi connectivity index (χ0) is 36.5. The van der Waals surface area contributed by atoms with Crippen LogP contribution in [-0.4, -0.2) is 93.9 Å². The van der Waals surface area contributed by atoms with Crippen LogP contribution in [0.2, 0.25) is 0 Å². The number of carbonyl (C=O) groups excluding carboxylic acids is 3. The van der Waals surface area contributed by atoms with Crippen molar-refractivity contribution < 1.29 is 52.9 Å². The van der Waals surface area contributed by atoms with Crippen LogP contribution in [0.5, 0.6) is 5.75 Å². The number of aromatic nitrogens is 1. The molecule has 1 saturated carbocycles. The quantitative estimate of drug-likeness (QED) is 0.122. The second-order valence-corrected chi connectivity index (χ2v) is 14.6. The minimum atomic E-state index is -3.99. The molecule has 0 spiro atoms. The lowest BCUT2D eigenvalue weighted by Gasteiger charge is -2.53. The number of nitrogens with one attached hydrogen (secondary N) is 3. The van der Waals surface area contributed by atoms with Gasteiger partial charge in [0, 0.05) is 29.2 Å². The average molecular weight is 710 g/mol. The number of carbonyl (C=O) groups is 3. The van der Waals surface area contributed by atoms with Crippen molar-refractivity contribution in [3.05, 3.63) is 82.3 Å². The number of phenols is 1. The number of aliphatic hydroxyl groups excluding tert-OH is 2. The molecule has 5 atom stereocenters. The molecular weight excluding hydrogens is 674 g/mol. The van der Waals surface area contributed by atoms with Gasteiger partial charge in [0.25, 0.3) is 15.9 Å². The summed E-state index contributed by atoms with van der Waals surface area (Å²) in [5.74, 6) is -7.66. The molecule has 264 valence electrons. The largest absolute Gasteiger partial charge is 0.508 e. The van der Waals surface area contributed by atoms with Gasteiger partial charge in [0.05, 0.1) is 28.8 Å². The summed E-state index contributed by atoms with van der Waals surface area (Å²) in [6.45, 7) is 2.66. The van der Waals surface area contributed by atoms with Crippen molar-refractivity contribution in [1.29, 1.82) is 0 Å². The summed E-state index contributed by atoms with van der Waals surface area (Å²) in [4.78, 5) is 42.8. The second-order valence-electron chi connectivity index (χ2n) is 12.9. The number of rotatable bonds is 8. The first-order chi connectivity index (χ1) is 23.4. The van der Waals surface area contributed by atoms with Crippen LogP contribution >= 0.6 is 0 Å². The lowest BCUT2D eigenvalue weighted by Crippen LogP contribution is -2.67. The average Bonchev–Trinajstić information content (AvgIpc) is 3.45. The van der Waals surface area contributed by atoms with E-state index in [0.29, 0.717) is 11.4 Å². The van der Waals surface area contributed by atoms with Crippen LogP contribution in [0.15, 0.2) is 74.9 Å². The van der Waals surface area contributed by atoms with Crippen molar-refractivity contribution >= 4 is 44.8 Å². The van der Waals surface area contributed by atoms with Gasteiger partial charge in [0.15, 0.2) is 17.2 Å². The van der Waals surface area contributed by atoms with E-state index in [-0.39, 0.29) is 34.9 Å². The summed E-state index contributed by atoms with van der Waals surface area (Å²) >= 11 is 0. The minimum absolute atomic E-state index is 0.00762. The van der Waals surface area contributed by atoms with Crippen LogP contribution in [0.1, 0.15) is 30.2 Å². The Kier molecular flexibility index (Phi) is 8.29. The van der Waals surface area contributed by atoms with Gasteiger partial charge < -0.3 is 40.7 Å². The van der Waals surface area contributed by atoms with Gasteiger partial charge in [0.2, 0.25) is 5.78 Å². The molecule has 0 aliphatic heterocycles. The summed E-state index contributed by atoms with van der Waals surface area (Å²) < 4.78 is 32.5. The number of hydrogen-bond donors (Lipinski definition) is 8. The topological polar surface area (TPSA) is 252 Å². The number of anilines is 2. The fourth-order valence-corrected chi connectivity index (χ4v) is 8.14. The maximum Gasteiger partial charge on any atom is 0.263 e. The molecule has 0 bridgehead atoms. The Labute approximate surface area is 285 Å². The predicted octanol–water partition coefficient (Wildman–Crippen LogP) is 1.43. The van der Waals surface area contributed by atoms with Crippen molar-refractivity contribution in [2.75, 3.05) is 30.8 Å². The number of fused-ring (bicyclic) bond motifs is 3. The Balaban J connectivity index is 1.26. The highest BCUT2D eigenvalue weighted by Gasteiger charge is 2.66. The number of sulfonamides is 1. The molecule has 1 amide bonds. The molecule has 1 heterocycles. The molecule has 2 aromatic carbocycles. The Hall–Kier alpha value is -5.23. The van der Waals surface area contributed by atoms with Gasteiger partial charge in [-0.25, -0.2) is 8.42 Å². The van der Waals surface area contributed by atoms with E-state index in [2.05, 4.69) is 20.5 Å². The Morgan fingerprint density at radius 3 is 2.38 bits per heavy atom. The van der Waals surface area contributed by atoms with E-state index in [9.17, 15) is 48.3 Å². The molecule has 8 N–H and O–H groups in total. The lowest BCUT2D eigenvalue weighted by molar-refractivity contribution is -0.159. The third-order valence-electron chi connectivity index (χ3n) is 9.57. The third-order valence-corrected chi connectivity index (χ3v) is 10.9. The molecule has 0 radical (unpaired) electrons. The molecule has 3 aliphatic rings. The fourth-order valence-electron chi connectivity index (χ4n) is 7.16. The Morgan fingerprint density at radius 2 is 1.76 bits per heavy atom. The zero-order valence-electron chi connectivity index (χ0n) is 27.3. The highest BCUT2D eigenvalue weighted by atomic mass is 32.2. The number of likely N-dealkylation sites (N-methyl/N-ethyl adjacent to an activating group) is 1. The van der Waals surface area contributed by atoms with Crippen molar-refractivity contribution in [2.24, 2.45) is 11.8 Å². The summed E-state index contributed by atoms with van der Waals surface area (Å²) in [5.41, 5.74) is -5.76. The summed E-state index contributed by atoms with van der Waals surface area (Å²) in [6.07, 6.45) is -0.266. The maximum atomic E-state index is 14.2. The maximum absolute atomic E-state index is 14.2. The number of ketones is 2. The van der Waals surface area contributed by atoms with Crippen LogP contribution in [0.25, 0.3) is 5.76 Å². The molecule has 0 saturated heterocycles. The number of nitrogens with zero attached hydrogens (tertiary/aromatic N) is 2. The number of hydrogen-bond acceptors (Lipinski definition) is 14. The first-order valence-corrected chi connectivity index (χ1v) is 16.9. The van der Waals surface area contributed by atoms with Gasteiger partial charge in [-0.05, 0) is 70.3 Å². The second kappa shape index (κ2) is 12.0. The van der Waals surface area contributed by atoms with Gasteiger partial charge in [-0.2, -0.15) is 0 Å². The van der Waals surface area contributed by atoms with E-state index in [4.69, 9.17) is 4.52 Å². The van der Waals surface area contributed by atoms with Crippen molar-refractivity contribution in [2.45, 2.75) is 42.4 Å². The lowest BCUT2D eigenvalue weighted by atomic mass is 9.54. The number of amides is 1. The van der Waals surface area contributed by atoms with Crippen LogP contribution in [0, 0.1) is 18.8 Å². The summed E-state index contributed by atoms with van der Waals surface area (Å²) in [6, 6.07) is 9.70. The van der Waals surface area contributed by atoms with Gasteiger partial charge in [0.1, 0.15) is 28.6 Å². The number of aryl methyl sites for hydroxylation is 1. The first-order valence-electron chi connectivity index (χ1n) is 15.4. The summed E-state index contributed by atoms with van der Waals surface area (Å²) in [7, 11) is -0.997. The SMILES string of the molecule is Cc1cc(NS(=O)(=O)c2ccc(NCNC(=O)C3=C(O)C4(O)C(=O)C5=C(O)c6c(O)cccc6C(C)(O)C5CC4C(N(C)C)C3=O)cc2)no1. The molecule has 17 heteroatoms. The number of benzene rings is 2. The third kappa shape index (κ3) is 5.29. The molecular formula is C33H35N5O11S. The normalized spacial score (nSPS) is 26.3. The van der Waals surface area contributed by atoms with Crippen molar-refractivity contribution in [1.82, 2.24) is 15.4 Å². The number of aromatic hydroxyl groups is 1. The fraction of sp³-hybridized carbons (Fsp3) is 0.333. The van der Waals surface area contributed by atoms with Crippen LogP contribution in [0.3, 0.4) is 0 Å². The smallest absolute Gasteiger partial charge is 0.263 e. The molecule has 6 rings (SSSR count). The molecule has 3 aromatic rings. The van der Waals surface area contributed by atoms with E-state index in [1.807, 2.05) is 0 Å².